The standard InChI is InChI=1S/C9H11N5OS/c15-7-4-2-1-3-6(7)5-10-12-8-11-9(16)14-13-8/h1-5,8,12-13,15H,(H2,11,14,16)/b10-5+. The first-order valence-corrected chi connectivity index (χ1v) is 5.05. The van der Waals surface area contributed by atoms with Gasteiger partial charge in [-0.1, -0.05) is 12.1 Å². The van der Waals surface area contributed by atoms with E-state index in [0.29, 0.717) is 10.7 Å². The molecule has 0 radical (unpaired) electrons. The lowest BCUT2D eigenvalue weighted by Gasteiger charge is -2.07. The van der Waals surface area contributed by atoms with E-state index in [1.54, 1.807) is 18.2 Å². The van der Waals surface area contributed by atoms with Gasteiger partial charge in [-0.15, -0.1) is 0 Å². The summed E-state index contributed by atoms with van der Waals surface area (Å²) in [5, 5.41) is 16.8. The van der Waals surface area contributed by atoms with Crippen LogP contribution in [0.1, 0.15) is 5.56 Å². The SMILES string of the molecule is Oc1ccccc1/C=N/NC1NNC(=S)N1. The molecule has 1 atom stereocenters. The molecule has 0 spiro atoms. The van der Waals surface area contributed by atoms with Gasteiger partial charge < -0.3 is 10.4 Å². The van der Waals surface area contributed by atoms with Gasteiger partial charge in [-0.3, -0.25) is 10.9 Å². The maximum absolute atomic E-state index is 9.46. The Kier molecular flexibility index (Phi) is 3.18. The van der Waals surface area contributed by atoms with Crippen LogP contribution in [0.25, 0.3) is 0 Å². The summed E-state index contributed by atoms with van der Waals surface area (Å²) in [5.74, 6) is 0.189. The third kappa shape index (κ3) is 2.59. The monoisotopic (exact) mass is 237 g/mol. The molecule has 1 heterocycles. The molecule has 7 heteroatoms. The van der Waals surface area contributed by atoms with Crippen molar-refractivity contribution >= 4 is 23.5 Å². The minimum absolute atomic E-state index is 0.189. The van der Waals surface area contributed by atoms with Crippen LogP contribution in [0.5, 0.6) is 5.75 Å². The predicted octanol–water partition coefficient (Wildman–Crippen LogP) is -0.418. The normalized spacial score (nSPS) is 19.5. The number of phenolic OH excluding ortho intramolecular Hbond substituents is 1. The number of hydrazine groups is 1. The topological polar surface area (TPSA) is 80.7 Å². The average molecular weight is 237 g/mol. The van der Waals surface area contributed by atoms with Crippen molar-refractivity contribution in [1.82, 2.24) is 21.6 Å². The van der Waals surface area contributed by atoms with E-state index in [1.807, 2.05) is 6.07 Å². The molecule has 16 heavy (non-hydrogen) atoms. The van der Waals surface area contributed by atoms with Crippen molar-refractivity contribution in [2.24, 2.45) is 5.10 Å². The molecule has 0 saturated carbocycles. The van der Waals surface area contributed by atoms with Gasteiger partial charge in [0.15, 0.2) is 11.4 Å². The zero-order valence-corrected chi connectivity index (χ0v) is 9.08. The highest BCUT2D eigenvalue weighted by Gasteiger charge is 2.14. The van der Waals surface area contributed by atoms with Gasteiger partial charge in [0.1, 0.15) is 5.75 Å². The number of nitrogens with zero attached hydrogens (tertiary/aromatic N) is 1. The molecular weight excluding hydrogens is 226 g/mol. The molecule has 1 unspecified atom stereocenters. The molecule has 5 N–H and O–H groups in total. The van der Waals surface area contributed by atoms with Crippen molar-refractivity contribution in [3.05, 3.63) is 29.8 Å². The molecule has 0 amide bonds. The number of hydrogen-bond acceptors (Lipinski definition) is 5. The highest BCUT2D eigenvalue weighted by molar-refractivity contribution is 7.80. The summed E-state index contributed by atoms with van der Waals surface area (Å²) in [6, 6.07) is 6.94. The van der Waals surface area contributed by atoms with E-state index in [2.05, 4.69) is 26.7 Å². The van der Waals surface area contributed by atoms with Crippen LogP contribution in [0.4, 0.5) is 0 Å². The third-order valence-corrected chi connectivity index (χ3v) is 2.17. The van der Waals surface area contributed by atoms with Crippen LogP contribution < -0.4 is 21.6 Å². The van der Waals surface area contributed by atoms with E-state index in [-0.39, 0.29) is 12.0 Å². The van der Waals surface area contributed by atoms with Crippen LogP contribution in [-0.2, 0) is 0 Å². The summed E-state index contributed by atoms with van der Waals surface area (Å²) < 4.78 is 0. The molecule has 2 rings (SSSR count). The fourth-order valence-electron chi connectivity index (χ4n) is 1.18. The van der Waals surface area contributed by atoms with Crippen LogP contribution in [0.2, 0.25) is 0 Å². The molecule has 0 bridgehead atoms. The van der Waals surface area contributed by atoms with Crippen LogP contribution >= 0.6 is 12.2 Å². The average Bonchev–Trinajstić information content (AvgIpc) is 2.67. The predicted molar refractivity (Wildman–Crippen MR) is 64.6 cm³/mol. The van der Waals surface area contributed by atoms with Gasteiger partial charge in [-0.2, -0.15) is 10.5 Å². The van der Waals surface area contributed by atoms with Crippen LogP contribution in [0.3, 0.4) is 0 Å². The summed E-state index contributed by atoms with van der Waals surface area (Å²) >= 11 is 4.84. The second kappa shape index (κ2) is 4.77. The van der Waals surface area contributed by atoms with Gasteiger partial charge in [-0.05, 0) is 24.4 Å². The quantitative estimate of drug-likeness (QED) is 0.279. The Bertz CT molecular complexity index is 422. The zero-order valence-electron chi connectivity index (χ0n) is 8.27. The number of hydrogen-bond donors (Lipinski definition) is 5. The first-order valence-electron chi connectivity index (χ1n) is 4.64. The molecule has 84 valence electrons. The van der Waals surface area contributed by atoms with Gasteiger partial charge in [-0.25, -0.2) is 0 Å². The summed E-state index contributed by atoms with van der Waals surface area (Å²) in [5.41, 5.74) is 8.95. The summed E-state index contributed by atoms with van der Waals surface area (Å²) in [6.45, 7) is 0. The zero-order chi connectivity index (χ0) is 11.4. The Morgan fingerprint density at radius 2 is 2.25 bits per heavy atom. The lowest BCUT2D eigenvalue weighted by molar-refractivity contribution is 0.444. The number of aromatic hydroxyl groups is 1. The fourth-order valence-corrected chi connectivity index (χ4v) is 1.36. The molecular formula is C9H11N5OS. The number of hydrazone groups is 1. The van der Waals surface area contributed by atoms with E-state index < -0.39 is 0 Å². The van der Waals surface area contributed by atoms with Crippen LogP contribution in [-0.4, -0.2) is 22.7 Å². The molecule has 0 aliphatic carbocycles. The van der Waals surface area contributed by atoms with Crippen molar-refractivity contribution < 1.29 is 5.11 Å². The molecule has 1 aromatic rings. The largest absolute Gasteiger partial charge is 0.507 e. The number of nitrogens with one attached hydrogen (secondary N) is 4. The highest BCUT2D eigenvalue weighted by Crippen LogP contribution is 2.12. The van der Waals surface area contributed by atoms with Crippen LogP contribution in [0, 0.1) is 0 Å². The Balaban J connectivity index is 1.90. The van der Waals surface area contributed by atoms with Gasteiger partial charge >= 0.3 is 0 Å². The van der Waals surface area contributed by atoms with Gasteiger partial charge in [0.05, 0.1) is 6.21 Å². The Morgan fingerprint density at radius 1 is 1.44 bits per heavy atom. The molecule has 0 aromatic heterocycles. The highest BCUT2D eigenvalue weighted by atomic mass is 32.1. The van der Waals surface area contributed by atoms with Crippen molar-refractivity contribution in [3.63, 3.8) is 0 Å². The number of benzene rings is 1. The maximum Gasteiger partial charge on any atom is 0.186 e. The van der Waals surface area contributed by atoms with Gasteiger partial charge in [0.2, 0.25) is 0 Å². The molecule has 6 nitrogen and oxygen atoms in total. The van der Waals surface area contributed by atoms with E-state index in [4.69, 9.17) is 12.2 Å². The second-order valence-corrected chi connectivity index (χ2v) is 3.53. The van der Waals surface area contributed by atoms with E-state index in [1.165, 1.54) is 6.21 Å². The summed E-state index contributed by atoms with van der Waals surface area (Å²) in [6.07, 6.45) is 1.27. The van der Waals surface area contributed by atoms with E-state index in [9.17, 15) is 5.11 Å². The Morgan fingerprint density at radius 3 is 2.94 bits per heavy atom. The minimum atomic E-state index is -0.255. The molecule has 1 aliphatic heterocycles. The minimum Gasteiger partial charge on any atom is -0.507 e. The molecule has 1 saturated heterocycles. The number of thiocarbonyl (C=S) groups is 1. The lowest BCUT2D eigenvalue weighted by Crippen LogP contribution is -2.44. The van der Waals surface area contributed by atoms with Gasteiger partial charge in [0.25, 0.3) is 0 Å². The van der Waals surface area contributed by atoms with Crippen molar-refractivity contribution in [2.45, 2.75) is 6.29 Å². The van der Waals surface area contributed by atoms with E-state index in [0.717, 1.165) is 0 Å². The first kappa shape index (κ1) is 10.7. The molecule has 1 aliphatic rings. The maximum atomic E-state index is 9.46. The van der Waals surface area contributed by atoms with E-state index >= 15 is 0 Å². The van der Waals surface area contributed by atoms with Gasteiger partial charge in [0, 0.05) is 5.56 Å². The van der Waals surface area contributed by atoms with Crippen molar-refractivity contribution in [1.29, 1.82) is 0 Å². The van der Waals surface area contributed by atoms with Crippen LogP contribution in [0.15, 0.2) is 29.4 Å². The number of rotatable bonds is 3. The molecule has 1 aromatic carbocycles. The number of para-hydroxylation sites is 1. The van der Waals surface area contributed by atoms with Crippen molar-refractivity contribution in [3.8, 4) is 5.75 Å². The first-order chi connectivity index (χ1) is 7.75. The van der Waals surface area contributed by atoms with Crippen molar-refractivity contribution in [2.75, 3.05) is 0 Å². The Hall–Kier alpha value is -1.86. The smallest absolute Gasteiger partial charge is 0.186 e. The molecule has 1 fully saturated rings. The summed E-state index contributed by atoms with van der Waals surface area (Å²) in [4.78, 5) is 0. The fraction of sp³-hybridized carbons (Fsp3) is 0.111. The number of phenols is 1. The second-order valence-electron chi connectivity index (χ2n) is 3.12. The lowest BCUT2D eigenvalue weighted by atomic mass is 10.2. The summed E-state index contributed by atoms with van der Waals surface area (Å²) in [7, 11) is 0. The Labute approximate surface area is 97.7 Å². The third-order valence-electron chi connectivity index (χ3n) is 1.95.